The van der Waals surface area contributed by atoms with Gasteiger partial charge in [0.05, 0.1) is 19.4 Å². The van der Waals surface area contributed by atoms with E-state index in [4.69, 9.17) is 9.47 Å². The molecule has 0 bridgehead atoms. The average Bonchev–Trinajstić information content (AvgIpc) is 2.87. The van der Waals surface area contributed by atoms with Crippen LogP contribution in [-0.4, -0.2) is 65.6 Å². The number of H-pyrrole nitrogens is 1. The van der Waals surface area contributed by atoms with Crippen LogP contribution >= 0.6 is 0 Å². The molecule has 1 amide bonds. The summed E-state index contributed by atoms with van der Waals surface area (Å²) in [6, 6.07) is 0. The minimum absolute atomic E-state index is 0.136. The average molecular weight is 256 g/mol. The van der Waals surface area contributed by atoms with E-state index in [9.17, 15) is 9.59 Å². The van der Waals surface area contributed by atoms with E-state index in [1.165, 1.54) is 18.2 Å². The zero-order chi connectivity index (χ0) is 13.4. The molecule has 1 rings (SSSR count). The third-order valence-corrected chi connectivity index (χ3v) is 2.11. The fourth-order valence-electron chi connectivity index (χ4n) is 1.28. The lowest BCUT2D eigenvalue weighted by molar-refractivity contribution is -0.143. The summed E-state index contributed by atoms with van der Waals surface area (Å²) in [5.74, 6) is -0.862. The molecule has 1 N–H and O–H groups in total. The van der Waals surface area contributed by atoms with Crippen LogP contribution in [0.3, 0.4) is 0 Å². The van der Waals surface area contributed by atoms with Crippen LogP contribution in [0.25, 0.3) is 0 Å². The molecule has 0 aliphatic heterocycles. The first-order chi connectivity index (χ1) is 8.69. The molecule has 1 aromatic heterocycles. The number of carbonyl (C=O) groups is 2. The second-order valence-electron chi connectivity index (χ2n) is 3.38. The highest BCUT2D eigenvalue weighted by Crippen LogP contribution is 2.00. The molecule has 8 nitrogen and oxygen atoms in total. The standard InChI is InChI=1S/C10H16N4O4/c1-3-18-9(15)7-14(4-5-17-2)10(16)8-6-11-13-12-8/h6H,3-5,7H2,1-2H3,(H,11,12,13). The minimum atomic E-state index is -0.467. The molecule has 0 aromatic carbocycles. The van der Waals surface area contributed by atoms with E-state index in [1.807, 2.05) is 0 Å². The number of hydrogen-bond acceptors (Lipinski definition) is 6. The number of esters is 1. The molecule has 0 saturated carbocycles. The van der Waals surface area contributed by atoms with Crippen LogP contribution in [0.15, 0.2) is 6.20 Å². The van der Waals surface area contributed by atoms with Crippen LogP contribution < -0.4 is 0 Å². The highest BCUT2D eigenvalue weighted by atomic mass is 16.5. The van der Waals surface area contributed by atoms with Crippen molar-refractivity contribution in [3.8, 4) is 0 Å². The van der Waals surface area contributed by atoms with Gasteiger partial charge in [0.1, 0.15) is 6.54 Å². The van der Waals surface area contributed by atoms with Crippen LogP contribution in [0.5, 0.6) is 0 Å². The van der Waals surface area contributed by atoms with Gasteiger partial charge < -0.3 is 14.4 Å². The van der Waals surface area contributed by atoms with Gasteiger partial charge in [-0.2, -0.15) is 15.4 Å². The zero-order valence-electron chi connectivity index (χ0n) is 10.4. The summed E-state index contributed by atoms with van der Waals surface area (Å²) in [6.07, 6.45) is 1.30. The number of aromatic amines is 1. The number of hydrogen-bond donors (Lipinski definition) is 1. The first-order valence-corrected chi connectivity index (χ1v) is 5.48. The van der Waals surface area contributed by atoms with Crippen molar-refractivity contribution in [1.82, 2.24) is 20.3 Å². The fourth-order valence-corrected chi connectivity index (χ4v) is 1.28. The van der Waals surface area contributed by atoms with Gasteiger partial charge in [-0.3, -0.25) is 9.59 Å². The Bertz CT molecular complexity index is 379. The Hall–Kier alpha value is -1.96. The Labute approximate surface area is 104 Å². The van der Waals surface area contributed by atoms with Crippen LogP contribution in [0.1, 0.15) is 17.4 Å². The quantitative estimate of drug-likeness (QED) is 0.658. The maximum atomic E-state index is 12.0. The van der Waals surface area contributed by atoms with Gasteiger partial charge in [0.15, 0.2) is 5.69 Å². The van der Waals surface area contributed by atoms with Gasteiger partial charge in [0.2, 0.25) is 0 Å². The molecule has 0 fully saturated rings. The molecule has 0 spiro atoms. The third-order valence-electron chi connectivity index (χ3n) is 2.11. The van der Waals surface area contributed by atoms with E-state index < -0.39 is 11.9 Å². The summed E-state index contributed by atoms with van der Waals surface area (Å²) >= 11 is 0. The first kappa shape index (κ1) is 14.1. The van der Waals surface area contributed by atoms with E-state index in [2.05, 4.69) is 15.4 Å². The summed E-state index contributed by atoms with van der Waals surface area (Å²) in [5.41, 5.74) is 0.149. The Morgan fingerprint density at radius 2 is 2.28 bits per heavy atom. The summed E-state index contributed by atoms with van der Waals surface area (Å²) in [7, 11) is 1.52. The molecule has 0 aliphatic carbocycles. The van der Waals surface area contributed by atoms with Crippen molar-refractivity contribution in [3.63, 3.8) is 0 Å². The Morgan fingerprint density at radius 1 is 1.50 bits per heavy atom. The second kappa shape index (κ2) is 7.38. The van der Waals surface area contributed by atoms with Gasteiger partial charge in [0.25, 0.3) is 5.91 Å². The van der Waals surface area contributed by atoms with Crippen molar-refractivity contribution in [2.24, 2.45) is 0 Å². The van der Waals surface area contributed by atoms with Crippen molar-refractivity contribution in [1.29, 1.82) is 0 Å². The van der Waals surface area contributed by atoms with E-state index in [-0.39, 0.29) is 25.4 Å². The van der Waals surface area contributed by atoms with Gasteiger partial charge in [-0.05, 0) is 6.92 Å². The van der Waals surface area contributed by atoms with Crippen molar-refractivity contribution in [2.75, 3.05) is 33.4 Å². The van der Waals surface area contributed by atoms with E-state index in [0.717, 1.165) is 0 Å². The molecule has 1 aromatic rings. The number of ether oxygens (including phenoxy) is 2. The Balaban J connectivity index is 2.65. The molecule has 0 radical (unpaired) electrons. The van der Waals surface area contributed by atoms with Gasteiger partial charge in [-0.1, -0.05) is 0 Å². The van der Waals surface area contributed by atoms with E-state index in [1.54, 1.807) is 6.92 Å². The zero-order valence-corrected chi connectivity index (χ0v) is 10.4. The van der Waals surface area contributed by atoms with E-state index >= 15 is 0 Å². The van der Waals surface area contributed by atoms with Gasteiger partial charge in [0, 0.05) is 13.7 Å². The topological polar surface area (TPSA) is 97.4 Å². The highest BCUT2D eigenvalue weighted by Gasteiger charge is 2.21. The first-order valence-electron chi connectivity index (χ1n) is 5.48. The molecular weight excluding hydrogens is 240 g/mol. The number of nitrogens with one attached hydrogen (secondary N) is 1. The van der Waals surface area contributed by atoms with Crippen LogP contribution in [0.2, 0.25) is 0 Å². The van der Waals surface area contributed by atoms with E-state index in [0.29, 0.717) is 6.61 Å². The summed E-state index contributed by atoms with van der Waals surface area (Å²) < 4.78 is 9.69. The molecule has 8 heteroatoms. The normalized spacial score (nSPS) is 10.1. The number of amides is 1. The maximum absolute atomic E-state index is 12.0. The fraction of sp³-hybridized carbons (Fsp3) is 0.600. The summed E-state index contributed by atoms with van der Waals surface area (Å²) in [4.78, 5) is 24.7. The molecule has 18 heavy (non-hydrogen) atoms. The smallest absolute Gasteiger partial charge is 0.325 e. The SMILES string of the molecule is CCOC(=O)CN(CCOC)C(=O)c1cn[nH]n1. The molecule has 0 saturated heterocycles. The van der Waals surface area contributed by atoms with Crippen LogP contribution in [-0.2, 0) is 14.3 Å². The van der Waals surface area contributed by atoms with Gasteiger partial charge in [-0.25, -0.2) is 0 Å². The van der Waals surface area contributed by atoms with Gasteiger partial charge >= 0.3 is 5.97 Å². The van der Waals surface area contributed by atoms with Crippen molar-refractivity contribution in [2.45, 2.75) is 6.92 Å². The lowest BCUT2D eigenvalue weighted by Gasteiger charge is -2.19. The molecule has 0 atom stereocenters. The van der Waals surface area contributed by atoms with Crippen LogP contribution in [0, 0.1) is 0 Å². The molecular formula is C10H16N4O4. The number of rotatable bonds is 7. The predicted molar refractivity (Wildman–Crippen MR) is 60.8 cm³/mol. The maximum Gasteiger partial charge on any atom is 0.325 e. The second-order valence-corrected chi connectivity index (χ2v) is 3.38. The van der Waals surface area contributed by atoms with Crippen molar-refractivity contribution >= 4 is 11.9 Å². The number of aromatic nitrogens is 3. The Morgan fingerprint density at radius 3 is 2.83 bits per heavy atom. The molecule has 100 valence electrons. The van der Waals surface area contributed by atoms with Crippen LogP contribution in [0.4, 0.5) is 0 Å². The summed E-state index contributed by atoms with van der Waals surface area (Å²) in [5, 5.41) is 9.57. The molecule has 0 aliphatic rings. The van der Waals surface area contributed by atoms with Gasteiger partial charge in [-0.15, -0.1) is 0 Å². The third kappa shape index (κ3) is 4.13. The largest absolute Gasteiger partial charge is 0.465 e. The molecule has 1 heterocycles. The minimum Gasteiger partial charge on any atom is -0.465 e. The Kier molecular flexibility index (Phi) is 5.78. The number of methoxy groups -OCH3 is 1. The lowest BCUT2D eigenvalue weighted by Crippen LogP contribution is -2.38. The lowest BCUT2D eigenvalue weighted by atomic mass is 10.3. The monoisotopic (exact) mass is 256 g/mol. The predicted octanol–water partition coefficient (Wildman–Crippen LogP) is -0.544. The number of nitrogens with zero attached hydrogens (tertiary/aromatic N) is 3. The summed E-state index contributed by atoms with van der Waals surface area (Å²) in [6.45, 7) is 2.44. The molecule has 0 unspecified atom stereocenters. The van der Waals surface area contributed by atoms with Crippen molar-refractivity contribution in [3.05, 3.63) is 11.9 Å². The number of carbonyl (C=O) groups excluding carboxylic acids is 2. The van der Waals surface area contributed by atoms with Crippen molar-refractivity contribution < 1.29 is 19.1 Å². The highest BCUT2D eigenvalue weighted by molar-refractivity contribution is 5.93.